The third-order valence-corrected chi connectivity index (χ3v) is 4.94. The van der Waals surface area contributed by atoms with Crippen LogP contribution in [0.25, 0.3) is 0 Å². The van der Waals surface area contributed by atoms with Crippen molar-refractivity contribution in [3.05, 3.63) is 83.4 Å². The summed E-state index contributed by atoms with van der Waals surface area (Å²) in [5, 5.41) is 6.42. The van der Waals surface area contributed by atoms with E-state index in [4.69, 9.17) is 18.9 Å². The molecule has 0 saturated heterocycles. The van der Waals surface area contributed by atoms with Crippen LogP contribution in [0.4, 0.5) is 0 Å². The second-order valence-corrected chi connectivity index (χ2v) is 7.44. The van der Waals surface area contributed by atoms with E-state index in [1.807, 2.05) is 6.07 Å². The fourth-order valence-electron chi connectivity index (χ4n) is 3.15. The minimum Gasteiger partial charge on any atom is -0.493 e. The number of carbonyl (C=O) groups is 3. The number of nitrogens with one attached hydrogen (secondary N) is 2. The lowest BCUT2D eigenvalue weighted by atomic mass is 10.2. The Morgan fingerprint density at radius 3 is 2.27 bits per heavy atom. The minimum absolute atomic E-state index is 0.259. The van der Waals surface area contributed by atoms with Crippen molar-refractivity contribution in [3.8, 4) is 23.0 Å². The molecule has 3 aromatic rings. The van der Waals surface area contributed by atoms with Gasteiger partial charge in [-0.25, -0.2) is 10.2 Å². The molecule has 2 amide bonds. The molecule has 3 rings (SSSR count). The largest absolute Gasteiger partial charge is 0.493 e. The molecule has 0 saturated carbocycles. The Bertz CT molecular complexity index is 1280. The zero-order chi connectivity index (χ0) is 26.6. The molecule has 0 radical (unpaired) electrons. The molecule has 37 heavy (non-hydrogen) atoms. The van der Waals surface area contributed by atoms with Crippen LogP contribution in [0.5, 0.6) is 23.0 Å². The first-order chi connectivity index (χ1) is 17.9. The molecular weight excluding hydrogens is 478 g/mol. The third kappa shape index (κ3) is 7.56. The molecule has 0 aliphatic heterocycles. The molecule has 0 bridgehead atoms. The van der Waals surface area contributed by atoms with Gasteiger partial charge in [0.15, 0.2) is 23.0 Å². The molecule has 2 N–H and O–H groups in total. The zero-order valence-corrected chi connectivity index (χ0v) is 20.6. The summed E-state index contributed by atoms with van der Waals surface area (Å²) >= 11 is 0. The third-order valence-electron chi connectivity index (χ3n) is 4.94. The Hall–Kier alpha value is -4.86. The number of hydrogen-bond acceptors (Lipinski definition) is 8. The number of hydrogen-bond donors (Lipinski definition) is 2. The van der Waals surface area contributed by atoms with Gasteiger partial charge in [-0.1, -0.05) is 18.2 Å². The minimum atomic E-state index is -0.525. The van der Waals surface area contributed by atoms with Crippen molar-refractivity contribution >= 4 is 24.0 Å². The Morgan fingerprint density at radius 1 is 0.838 bits per heavy atom. The molecule has 0 fully saturated rings. The number of nitrogens with zero attached hydrogens (tertiary/aromatic N) is 1. The normalized spacial score (nSPS) is 10.5. The fraction of sp³-hybridized carbons (Fsp3) is 0.185. The molecule has 0 aliphatic carbocycles. The highest BCUT2D eigenvalue weighted by Gasteiger charge is 2.14. The summed E-state index contributed by atoms with van der Waals surface area (Å²) in [5.74, 6) is 0.00690. The van der Waals surface area contributed by atoms with Gasteiger partial charge in [0.1, 0.15) is 0 Å². The molecule has 0 spiro atoms. The Labute approximate surface area is 214 Å². The van der Waals surface area contributed by atoms with Crippen molar-refractivity contribution in [1.82, 2.24) is 10.7 Å². The van der Waals surface area contributed by atoms with Crippen LogP contribution in [0, 0.1) is 0 Å². The summed E-state index contributed by atoms with van der Waals surface area (Å²) in [4.78, 5) is 36.8. The van der Waals surface area contributed by atoms with Gasteiger partial charge in [-0.15, -0.1) is 0 Å². The quantitative estimate of drug-likeness (QED) is 0.177. The van der Waals surface area contributed by atoms with Crippen LogP contribution in [0.15, 0.2) is 71.8 Å². The average molecular weight is 506 g/mol. The zero-order valence-electron chi connectivity index (χ0n) is 20.6. The number of ether oxygens (including phenoxy) is 4. The van der Waals surface area contributed by atoms with E-state index in [0.29, 0.717) is 40.5 Å². The lowest BCUT2D eigenvalue weighted by Gasteiger charge is -2.11. The number of methoxy groups -OCH3 is 2. The topological polar surface area (TPSA) is 125 Å². The standard InChI is InChI=1S/C27H27N3O7/c1-4-36-24-14-18(10-12-22(24)37-27(33)19-8-6-5-7-9-19)16-29-30-25(31)17-28-26(32)20-11-13-21(34-2)23(15-20)35-3/h5-16H,4,17H2,1-3H3,(H,28,32)(H,30,31). The molecule has 10 nitrogen and oxygen atoms in total. The highest BCUT2D eigenvalue weighted by atomic mass is 16.6. The van der Waals surface area contributed by atoms with Gasteiger partial charge in [0.2, 0.25) is 0 Å². The lowest BCUT2D eigenvalue weighted by molar-refractivity contribution is -0.120. The van der Waals surface area contributed by atoms with E-state index in [-0.39, 0.29) is 12.3 Å². The van der Waals surface area contributed by atoms with E-state index in [2.05, 4.69) is 15.8 Å². The number of carbonyl (C=O) groups excluding carboxylic acids is 3. The summed E-state index contributed by atoms with van der Waals surface area (Å²) in [5.41, 5.74) is 3.66. The smallest absolute Gasteiger partial charge is 0.343 e. The second kappa shape index (κ2) is 13.3. The summed E-state index contributed by atoms with van der Waals surface area (Å²) < 4.78 is 21.4. The highest BCUT2D eigenvalue weighted by molar-refractivity contribution is 5.97. The van der Waals surface area contributed by atoms with E-state index in [1.165, 1.54) is 26.5 Å². The van der Waals surface area contributed by atoms with Gasteiger partial charge in [-0.05, 0) is 61.0 Å². The number of esters is 1. The van der Waals surface area contributed by atoms with Gasteiger partial charge >= 0.3 is 5.97 Å². The highest BCUT2D eigenvalue weighted by Crippen LogP contribution is 2.29. The molecule has 0 heterocycles. The fourth-order valence-corrected chi connectivity index (χ4v) is 3.15. The van der Waals surface area contributed by atoms with Gasteiger partial charge in [0.05, 0.1) is 39.1 Å². The van der Waals surface area contributed by atoms with Crippen LogP contribution in [-0.4, -0.2) is 51.4 Å². The number of hydrazone groups is 1. The molecule has 10 heteroatoms. The lowest BCUT2D eigenvalue weighted by Crippen LogP contribution is -2.34. The van der Waals surface area contributed by atoms with Crippen LogP contribution in [-0.2, 0) is 4.79 Å². The van der Waals surface area contributed by atoms with E-state index < -0.39 is 17.8 Å². The predicted molar refractivity (Wildman–Crippen MR) is 137 cm³/mol. The van der Waals surface area contributed by atoms with Gasteiger partial charge < -0.3 is 24.3 Å². The van der Waals surface area contributed by atoms with Crippen LogP contribution >= 0.6 is 0 Å². The maximum absolute atomic E-state index is 12.4. The predicted octanol–water partition coefficient (Wildman–Crippen LogP) is 3.20. The Morgan fingerprint density at radius 2 is 1.57 bits per heavy atom. The molecular formula is C27H27N3O7. The summed E-state index contributed by atoms with van der Waals surface area (Å²) in [6.45, 7) is 1.87. The van der Waals surface area contributed by atoms with Crippen molar-refractivity contribution in [2.45, 2.75) is 6.92 Å². The monoisotopic (exact) mass is 505 g/mol. The Balaban J connectivity index is 1.56. The summed E-state index contributed by atoms with van der Waals surface area (Å²) in [6, 6.07) is 18.2. The van der Waals surface area contributed by atoms with Gasteiger partial charge in [-0.2, -0.15) is 5.10 Å². The van der Waals surface area contributed by atoms with E-state index in [1.54, 1.807) is 61.5 Å². The maximum Gasteiger partial charge on any atom is 0.343 e. The number of amides is 2. The van der Waals surface area contributed by atoms with E-state index in [0.717, 1.165) is 0 Å². The molecule has 192 valence electrons. The van der Waals surface area contributed by atoms with Gasteiger partial charge in [-0.3, -0.25) is 9.59 Å². The van der Waals surface area contributed by atoms with Crippen LogP contribution in [0.1, 0.15) is 33.2 Å². The summed E-state index contributed by atoms with van der Waals surface area (Å²) in [6.07, 6.45) is 1.40. The molecule has 0 unspecified atom stereocenters. The second-order valence-electron chi connectivity index (χ2n) is 7.44. The first kappa shape index (κ1) is 26.7. The number of benzene rings is 3. The molecule has 0 aromatic heterocycles. The van der Waals surface area contributed by atoms with Crippen molar-refractivity contribution in [2.24, 2.45) is 5.10 Å². The first-order valence-corrected chi connectivity index (χ1v) is 11.3. The van der Waals surface area contributed by atoms with Gasteiger partial charge in [0, 0.05) is 5.56 Å². The van der Waals surface area contributed by atoms with Crippen molar-refractivity contribution in [1.29, 1.82) is 0 Å². The molecule has 0 aliphatic rings. The van der Waals surface area contributed by atoms with Crippen molar-refractivity contribution < 1.29 is 33.3 Å². The first-order valence-electron chi connectivity index (χ1n) is 11.3. The van der Waals surface area contributed by atoms with E-state index >= 15 is 0 Å². The van der Waals surface area contributed by atoms with Crippen molar-refractivity contribution in [2.75, 3.05) is 27.4 Å². The molecule has 3 aromatic carbocycles. The maximum atomic E-state index is 12.4. The summed E-state index contributed by atoms with van der Waals surface area (Å²) in [7, 11) is 2.96. The number of rotatable bonds is 11. The van der Waals surface area contributed by atoms with Crippen LogP contribution in [0.2, 0.25) is 0 Å². The van der Waals surface area contributed by atoms with Crippen LogP contribution in [0.3, 0.4) is 0 Å². The van der Waals surface area contributed by atoms with E-state index in [9.17, 15) is 14.4 Å². The Kier molecular flexibility index (Phi) is 9.60. The molecule has 0 atom stereocenters. The van der Waals surface area contributed by atoms with Gasteiger partial charge in [0.25, 0.3) is 11.8 Å². The average Bonchev–Trinajstić information content (AvgIpc) is 2.93. The van der Waals surface area contributed by atoms with Crippen molar-refractivity contribution in [3.63, 3.8) is 0 Å². The SMILES string of the molecule is CCOc1cc(C=NNC(=O)CNC(=O)c2ccc(OC)c(OC)c2)ccc1OC(=O)c1ccccc1. The van der Waals surface area contributed by atoms with Crippen LogP contribution < -0.4 is 29.7 Å².